The lowest BCUT2D eigenvalue weighted by Crippen LogP contribution is -2.30. The van der Waals surface area contributed by atoms with Crippen LogP contribution >= 0.6 is 0 Å². The number of hydrogen-bond donors (Lipinski definition) is 2. The number of anilines is 1. The first-order valence-corrected chi connectivity index (χ1v) is 8.96. The van der Waals surface area contributed by atoms with Gasteiger partial charge in [-0.15, -0.1) is 0 Å². The molecule has 1 amide bonds. The van der Waals surface area contributed by atoms with E-state index in [4.69, 9.17) is 0 Å². The normalized spacial score (nSPS) is 11.3. The number of amides is 1. The topological polar surface area (TPSA) is 66.9 Å². The fourth-order valence-corrected chi connectivity index (χ4v) is 3.06. The van der Waals surface area contributed by atoms with Crippen molar-refractivity contribution < 1.29 is 18.0 Å². The van der Waals surface area contributed by atoms with Crippen molar-refractivity contribution >= 4 is 22.5 Å². The number of alkyl halides is 3. The van der Waals surface area contributed by atoms with Gasteiger partial charge in [0.15, 0.2) is 0 Å². The van der Waals surface area contributed by atoms with E-state index < -0.39 is 17.6 Å². The smallest absolute Gasteiger partial charge is 0.298 e. The quantitative estimate of drug-likeness (QED) is 0.463. The minimum Gasteiger partial charge on any atom is -0.298 e. The molecule has 0 saturated carbocycles. The summed E-state index contributed by atoms with van der Waals surface area (Å²) in [5.74, 6) is -0.583. The zero-order valence-electron chi connectivity index (χ0n) is 15.4. The molecule has 0 aliphatic heterocycles. The molecule has 8 heteroatoms. The average Bonchev–Trinajstić information content (AvgIpc) is 2.77. The number of carbonyl (C=O) groups is 1. The van der Waals surface area contributed by atoms with Crippen LogP contribution < -0.4 is 10.9 Å². The van der Waals surface area contributed by atoms with Gasteiger partial charge >= 0.3 is 6.18 Å². The number of hydrogen-bond acceptors (Lipinski definition) is 4. The molecule has 2 N–H and O–H groups in total. The zero-order valence-corrected chi connectivity index (χ0v) is 15.4. The summed E-state index contributed by atoms with van der Waals surface area (Å²) >= 11 is 0. The third-order valence-corrected chi connectivity index (χ3v) is 4.48. The lowest BCUT2D eigenvalue weighted by atomic mass is 10.0. The van der Waals surface area contributed by atoms with Gasteiger partial charge in [0.1, 0.15) is 0 Å². The summed E-state index contributed by atoms with van der Waals surface area (Å²) < 4.78 is 39.5. The molecule has 2 heterocycles. The van der Waals surface area contributed by atoms with E-state index in [1.165, 1.54) is 18.2 Å². The second-order valence-corrected chi connectivity index (χ2v) is 6.43. The molecule has 0 fully saturated rings. The van der Waals surface area contributed by atoms with Crippen LogP contribution in [0.15, 0.2) is 79.1 Å². The van der Waals surface area contributed by atoms with Crippen molar-refractivity contribution in [1.29, 1.82) is 0 Å². The Morgan fingerprint density at radius 2 is 1.60 bits per heavy atom. The highest BCUT2D eigenvalue weighted by atomic mass is 19.4. The van der Waals surface area contributed by atoms with Gasteiger partial charge in [-0.25, -0.2) is 4.98 Å². The Kier molecular flexibility index (Phi) is 5.05. The molecule has 0 bridgehead atoms. The van der Waals surface area contributed by atoms with Crippen LogP contribution in [0.25, 0.3) is 22.2 Å². The molecular formula is C22H15F3N4O. The van der Waals surface area contributed by atoms with Crippen LogP contribution in [0.1, 0.15) is 15.9 Å². The van der Waals surface area contributed by atoms with Crippen LogP contribution in [0.4, 0.5) is 18.9 Å². The van der Waals surface area contributed by atoms with Crippen molar-refractivity contribution in [3.63, 3.8) is 0 Å². The van der Waals surface area contributed by atoms with Gasteiger partial charge in [-0.3, -0.25) is 20.6 Å². The molecule has 0 radical (unpaired) electrons. The van der Waals surface area contributed by atoms with Gasteiger partial charge in [0.05, 0.1) is 28.0 Å². The maximum absolute atomic E-state index is 13.2. The van der Waals surface area contributed by atoms with Crippen LogP contribution in [0, 0.1) is 0 Å². The fraction of sp³-hybridized carbons (Fsp3) is 0.0455. The summed E-state index contributed by atoms with van der Waals surface area (Å²) in [6.45, 7) is 0. The molecule has 150 valence electrons. The second-order valence-electron chi connectivity index (χ2n) is 6.43. The van der Waals surface area contributed by atoms with Crippen LogP contribution in [-0.4, -0.2) is 15.9 Å². The minimum absolute atomic E-state index is 0.244. The Labute approximate surface area is 169 Å². The number of benzene rings is 2. The van der Waals surface area contributed by atoms with Gasteiger partial charge in [0.2, 0.25) is 0 Å². The van der Waals surface area contributed by atoms with E-state index in [2.05, 4.69) is 20.8 Å². The fourth-order valence-electron chi connectivity index (χ4n) is 3.06. The third-order valence-electron chi connectivity index (χ3n) is 4.48. The first-order chi connectivity index (χ1) is 14.4. The first-order valence-electron chi connectivity index (χ1n) is 8.96. The Balaban J connectivity index is 1.69. The second kappa shape index (κ2) is 7.82. The third kappa shape index (κ3) is 3.93. The molecule has 0 unspecified atom stereocenters. The summed E-state index contributed by atoms with van der Waals surface area (Å²) in [6.07, 6.45) is -1.32. The molecule has 4 aromatic rings. The number of carbonyl (C=O) groups excluding carboxylic acids is 1. The van der Waals surface area contributed by atoms with E-state index in [-0.39, 0.29) is 11.3 Å². The number of rotatable bonds is 4. The molecule has 30 heavy (non-hydrogen) atoms. The lowest BCUT2D eigenvalue weighted by molar-refractivity contribution is -0.137. The van der Waals surface area contributed by atoms with Gasteiger partial charge in [-0.05, 0) is 36.4 Å². The van der Waals surface area contributed by atoms with Crippen LogP contribution in [0.2, 0.25) is 0 Å². The number of fused-ring (bicyclic) bond motifs is 1. The maximum Gasteiger partial charge on any atom is 0.418 e. The van der Waals surface area contributed by atoms with Crippen molar-refractivity contribution in [2.75, 3.05) is 5.43 Å². The number of aromatic nitrogens is 2. The molecule has 2 aromatic carbocycles. The van der Waals surface area contributed by atoms with E-state index in [9.17, 15) is 18.0 Å². The number of nitrogens with one attached hydrogen (secondary N) is 2. The molecule has 0 saturated heterocycles. The summed E-state index contributed by atoms with van der Waals surface area (Å²) in [5.41, 5.74) is 5.83. The monoisotopic (exact) mass is 408 g/mol. The van der Waals surface area contributed by atoms with E-state index in [1.807, 2.05) is 0 Å². The summed E-state index contributed by atoms with van der Waals surface area (Å²) in [6, 6.07) is 17.1. The zero-order chi connectivity index (χ0) is 21.1. The van der Waals surface area contributed by atoms with Gasteiger partial charge in [-0.2, -0.15) is 13.2 Å². The Morgan fingerprint density at radius 3 is 2.37 bits per heavy atom. The van der Waals surface area contributed by atoms with E-state index in [1.54, 1.807) is 54.9 Å². The molecule has 0 atom stereocenters. The van der Waals surface area contributed by atoms with Crippen molar-refractivity contribution in [1.82, 2.24) is 15.4 Å². The van der Waals surface area contributed by atoms with Crippen molar-refractivity contribution in [3.05, 3.63) is 90.3 Å². The van der Waals surface area contributed by atoms with Crippen molar-refractivity contribution in [2.24, 2.45) is 0 Å². The Morgan fingerprint density at radius 1 is 0.900 bits per heavy atom. The molecule has 5 nitrogen and oxygen atoms in total. The molecule has 0 aliphatic carbocycles. The average molecular weight is 408 g/mol. The molecular weight excluding hydrogens is 393 g/mol. The van der Waals surface area contributed by atoms with Crippen molar-refractivity contribution in [2.45, 2.75) is 6.18 Å². The van der Waals surface area contributed by atoms with Crippen molar-refractivity contribution in [3.8, 4) is 11.3 Å². The van der Waals surface area contributed by atoms with Crippen LogP contribution in [-0.2, 0) is 6.18 Å². The van der Waals surface area contributed by atoms with E-state index >= 15 is 0 Å². The predicted octanol–water partition coefficient (Wildman–Crippen LogP) is 5.07. The number of pyridine rings is 2. The first kappa shape index (κ1) is 19.4. The van der Waals surface area contributed by atoms with Gasteiger partial charge in [0.25, 0.3) is 5.91 Å². The minimum atomic E-state index is -4.55. The van der Waals surface area contributed by atoms with Gasteiger partial charge in [0, 0.05) is 23.3 Å². The number of hydrazine groups is 1. The highest BCUT2D eigenvalue weighted by molar-refractivity contribution is 6.07. The largest absolute Gasteiger partial charge is 0.418 e. The Bertz CT molecular complexity index is 1210. The number of nitrogens with zero attached hydrogens (tertiary/aromatic N) is 2. The summed E-state index contributed by atoms with van der Waals surface area (Å²) in [7, 11) is 0. The number of halogens is 3. The highest BCUT2D eigenvalue weighted by Gasteiger charge is 2.33. The SMILES string of the molecule is O=C(NNc1ccccc1C(F)(F)F)c1cc(-c2ccncc2)nc2ccccc12. The lowest BCUT2D eigenvalue weighted by Gasteiger charge is -2.16. The summed E-state index contributed by atoms with van der Waals surface area (Å²) in [5, 5.41) is 0.582. The molecule has 0 spiro atoms. The highest BCUT2D eigenvalue weighted by Crippen LogP contribution is 2.34. The molecule has 4 rings (SSSR count). The molecule has 2 aromatic heterocycles. The Hall–Kier alpha value is -3.94. The van der Waals surface area contributed by atoms with Crippen LogP contribution in [0.3, 0.4) is 0 Å². The van der Waals surface area contributed by atoms with E-state index in [0.29, 0.717) is 16.6 Å². The summed E-state index contributed by atoms with van der Waals surface area (Å²) in [4.78, 5) is 21.4. The standard InChI is InChI=1S/C22H15F3N4O/c23-22(24,25)17-6-2-4-8-19(17)28-29-21(30)16-13-20(14-9-11-26-12-10-14)27-18-7-3-1-5-15(16)18/h1-13,28H,(H,29,30). The van der Waals surface area contributed by atoms with Crippen LogP contribution in [0.5, 0.6) is 0 Å². The number of para-hydroxylation sites is 2. The van der Waals surface area contributed by atoms with Gasteiger partial charge < -0.3 is 0 Å². The van der Waals surface area contributed by atoms with Gasteiger partial charge in [-0.1, -0.05) is 30.3 Å². The predicted molar refractivity (Wildman–Crippen MR) is 108 cm³/mol. The van der Waals surface area contributed by atoms with E-state index in [0.717, 1.165) is 11.6 Å². The maximum atomic E-state index is 13.2. The molecule has 0 aliphatic rings.